The zero-order valence-electron chi connectivity index (χ0n) is 11.4. The Kier molecular flexibility index (Phi) is 4.15. The topological polar surface area (TPSA) is 113 Å². The van der Waals surface area contributed by atoms with Crippen LogP contribution in [0, 0.1) is 5.92 Å². The Balaban J connectivity index is 1.93. The van der Waals surface area contributed by atoms with E-state index in [-0.39, 0.29) is 18.2 Å². The number of carbonyl (C=O) groups excluding carboxylic acids is 2. The van der Waals surface area contributed by atoms with E-state index >= 15 is 0 Å². The van der Waals surface area contributed by atoms with Gasteiger partial charge >= 0.3 is 12.0 Å². The van der Waals surface area contributed by atoms with Gasteiger partial charge in [-0.1, -0.05) is 0 Å². The quantitative estimate of drug-likeness (QED) is 0.688. The van der Waals surface area contributed by atoms with Gasteiger partial charge in [0.25, 0.3) is 0 Å². The number of urea groups is 1. The van der Waals surface area contributed by atoms with Crippen LogP contribution in [-0.2, 0) is 9.59 Å². The smallest absolute Gasteiger partial charge is 0.314 e. The van der Waals surface area contributed by atoms with Crippen LogP contribution in [0.15, 0.2) is 0 Å². The van der Waals surface area contributed by atoms with Crippen molar-refractivity contribution in [2.24, 2.45) is 11.7 Å². The van der Waals surface area contributed by atoms with E-state index in [1.807, 2.05) is 0 Å². The van der Waals surface area contributed by atoms with Crippen molar-refractivity contribution in [1.29, 1.82) is 0 Å². The van der Waals surface area contributed by atoms with Gasteiger partial charge < -0.3 is 21.1 Å². The second kappa shape index (κ2) is 5.68. The van der Waals surface area contributed by atoms with Gasteiger partial charge in [-0.3, -0.25) is 9.59 Å². The molecule has 1 saturated carbocycles. The molecule has 0 aromatic rings. The maximum absolute atomic E-state index is 12.3. The fourth-order valence-corrected chi connectivity index (χ4v) is 2.99. The van der Waals surface area contributed by atoms with Crippen molar-refractivity contribution in [3.63, 3.8) is 0 Å². The average Bonchev–Trinajstić information content (AvgIpc) is 2.35. The van der Waals surface area contributed by atoms with Crippen LogP contribution in [0.5, 0.6) is 0 Å². The maximum Gasteiger partial charge on any atom is 0.314 e. The summed E-state index contributed by atoms with van der Waals surface area (Å²) in [7, 11) is 0. The molecule has 2 fully saturated rings. The third-order valence-corrected chi connectivity index (χ3v) is 4.29. The molecular weight excluding hydrogens is 262 g/mol. The average molecular weight is 283 g/mol. The molecule has 112 valence electrons. The number of nitrogens with one attached hydrogen (secondary N) is 1. The van der Waals surface area contributed by atoms with Gasteiger partial charge in [-0.25, -0.2) is 4.79 Å². The SMILES string of the molecule is NC(=O)N1CCCC(C(=O)NC2(CC(=O)O)CCC2)C1. The van der Waals surface area contributed by atoms with E-state index in [4.69, 9.17) is 10.8 Å². The number of primary amides is 1. The van der Waals surface area contributed by atoms with Crippen molar-refractivity contribution in [1.82, 2.24) is 10.2 Å². The van der Waals surface area contributed by atoms with Crippen LogP contribution in [0.1, 0.15) is 38.5 Å². The molecule has 20 heavy (non-hydrogen) atoms. The molecule has 3 amide bonds. The van der Waals surface area contributed by atoms with Crippen molar-refractivity contribution in [2.75, 3.05) is 13.1 Å². The first-order valence-electron chi connectivity index (χ1n) is 7.00. The van der Waals surface area contributed by atoms with Gasteiger partial charge in [0.15, 0.2) is 0 Å². The van der Waals surface area contributed by atoms with Crippen LogP contribution in [-0.4, -0.2) is 46.5 Å². The lowest BCUT2D eigenvalue weighted by Gasteiger charge is -2.43. The van der Waals surface area contributed by atoms with Crippen molar-refractivity contribution in [3.8, 4) is 0 Å². The predicted octanol–water partition coefficient (Wildman–Crippen LogP) is 0.291. The largest absolute Gasteiger partial charge is 0.481 e. The molecule has 0 spiro atoms. The number of hydrogen-bond donors (Lipinski definition) is 3. The second-order valence-electron chi connectivity index (χ2n) is 5.82. The molecule has 7 nitrogen and oxygen atoms in total. The zero-order valence-corrected chi connectivity index (χ0v) is 11.4. The molecular formula is C13H21N3O4. The molecule has 2 rings (SSSR count). The number of aliphatic carboxylic acids is 1. The Hall–Kier alpha value is -1.79. The van der Waals surface area contributed by atoms with Gasteiger partial charge in [-0.15, -0.1) is 0 Å². The van der Waals surface area contributed by atoms with Crippen LogP contribution < -0.4 is 11.1 Å². The van der Waals surface area contributed by atoms with Gasteiger partial charge in [0, 0.05) is 13.1 Å². The van der Waals surface area contributed by atoms with Crippen molar-refractivity contribution >= 4 is 17.9 Å². The fourth-order valence-electron chi connectivity index (χ4n) is 2.99. The minimum absolute atomic E-state index is 0.0367. The van der Waals surface area contributed by atoms with Crippen LogP contribution >= 0.6 is 0 Å². The van der Waals surface area contributed by atoms with Gasteiger partial charge in [0.2, 0.25) is 5.91 Å². The van der Waals surface area contributed by atoms with Gasteiger partial charge in [0.05, 0.1) is 17.9 Å². The summed E-state index contributed by atoms with van der Waals surface area (Å²) < 4.78 is 0. The predicted molar refractivity (Wildman–Crippen MR) is 70.9 cm³/mol. The normalized spacial score (nSPS) is 24.6. The summed E-state index contributed by atoms with van der Waals surface area (Å²) in [4.78, 5) is 35.8. The van der Waals surface area contributed by atoms with Crippen LogP contribution in [0.2, 0.25) is 0 Å². The molecule has 1 unspecified atom stereocenters. The number of amides is 3. The molecule has 4 N–H and O–H groups in total. The summed E-state index contributed by atoms with van der Waals surface area (Å²) in [6.45, 7) is 0.906. The highest BCUT2D eigenvalue weighted by molar-refractivity contribution is 5.82. The van der Waals surface area contributed by atoms with Crippen LogP contribution in [0.3, 0.4) is 0 Å². The number of rotatable bonds is 4. The van der Waals surface area contributed by atoms with Crippen LogP contribution in [0.25, 0.3) is 0 Å². The minimum Gasteiger partial charge on any atom is -0.481 e. The number of carboxylic acid groups (broad SMARTS) is 1. The first-order valence-corrected chi connectivity index (χ1v) is 7.00. The lowest BCUT2D eigenvalue weighted by molar-refractivity contribution is -0.141. The maximum atomic E-state index is 12.3. The second-order valence-corrected chi connectivity index (χ2v) is 5.82. The lowest BCUT2D eigenvalue weighted by Crippen LogP contribution is -2.58. The Bertz CT molecular complexity index is 420. The van der Waals surface area contributed by atoms with E-state index in [1.54, 1.807) is 0 Å². The minimum atomic E-state index is -0.896. The summed E-state index contributed by atoms with van der Waals surface area (Å²) in [6.07, 6.45) is 3.76. The fraction of sp³-hybridized carbons (Fsp3) is 0.769. The zero-order chi connectivity index (χ0) is 14.8. The number of carbonyl (C=O) groups is 3. The number of nitrogens with zero attached hydrogens (tertiary/aromatic N) is 1. The Labute approximate surface area is 117 Å². The van der Waals surface area contributed by atoms with Crippen molar-refractivity contribution in [3.05, 3.63) is 0 Å². The van der Waals surface area contributed by atoms with Gasteiger partial charge in [-0.05, 0) is 32.1 Å². The summed E-state index contributed by atoms with van der Waals surface area (Å²) in [5.74, 6) is -1.34. The number of nitrogens with two attached hydrogens (primary N) is 1. The number of hydrogen-bond acceptors (Lipinski definition) is 3. The van der Waals surface area contributed by atoms with E-state index in [1.165, 1.54) is 4.90 Å². The van der Waals surface area contributed by atoms with E-state index in [0.29, 0.717) is 32.4 Å². The Morgan fingerprint density at radius 3 is 2.50 bits per heavy atom. The van der Waals surface area contributed by atoms with E-state index in [9.17, 15) is 14.4 Å². The first-order chi connectivity index (χ1) is 9.42. The molecule has 1 heterocycles. The number of piperidine rings is 1. The summed E-state index contributed by atoms with van der Waals surface area (Å²) in [6, 6.07) is -0.508. The van der Waals surface area contributed by atoms with E-state index in [2.05, 4.69) is 5.32 Å². The summed E-state index contributed by atoms with van der Waals surface area (Å²) in [5.41, 5.74) is 4.65. The lowest BCUT2D eigenvalue weighted by atomic mass is 9.74. The van der Waals surface area contributed by atoms with E-state index < -0.39 is 17.5 Å². The molecule has 7 heteroatoms. The summed E-state index contributed by atoms with van der Waals surface area (Å²) in [5, 5.41) is 11.8. The highest BCUT2D eigenvalue weighted by atomic mass is 16.4. The molecule has 1 aliphatic heterocycles. The standard InChI is InChI=1S/C13H21N3O4/c14-12(20)16-6-1-3-9(8-16)11(19)15-13(4-2-5-13)7-10(17)18/h9H,1-8H2,(H2,14,20)(H,15,19)(H,17,18). The Morgan fingerprint density at radius 2 is 2.00 bits per heavy atom. The van der Waals surface area contributed by atoms with Crippen molar-refractivity contribution in [2.45, 2.75) is 44.1 Å². The number of carboxylic acids is 1. The molecule has 0 aromatic carbocycles. The third kappa shape index (κ3) is 3.20. The van der Waals surface area contributed by atoms with E-state index in [0.717, 1.165) is 12.8 Å². The molecule has 0 radical (unpaired) electrons. The van der Waals surface area contributed by atoms with Gasteiger partial charge in [-0.2, -0.15) is 0 Å². The molecule has 1 atom stereocenters. The monoisotopic (exact) mass is 283 g/mol. The highest BCUT2D eigenvalue weighted by Gasteiger charge is 2.42. The first kappa shape index (κ1) is 14.6. The summed E-state index contributed by atoms with van der Waals surface area (Å²) >= 11 is 0. The Morgan fingerprint density at radius 1 is 1.30 bits per heavy atom. The molecule has 2 aliphatic rings. The van der Waals surface area contributed by atoms with Gasteiger partial charge in [0.1, 0.15) is 0 Å². The van der Waals surface area contributed by atoms with Crippen LogP contribution in [0.4, 0.5) is 4.79 Å². The molecule has 0 bridgehead atoms. The highest BCUT2D eigenvalue weighted by Crippen LogP contribution is 2.35. The molecule has 1 saturated heterocycles. The number of likely N-dealkylation sites (tertiary alicyclic amines) is 1. The molecule has 1 aliphatic carbocycles. The third-order valence-electron chi connectivity index (χ3n) is 4.29. The van der Waals surface area contributed by atoms with Crippen molar-refractivity contribution < 1.29 is 19.5 Å². The molecule has 0 aromatic heterocycles.